The fourth-order valence-corrected chi connectivity index (χ4v) is 4.56. The number of fused-ring (bicyclic) bond motifs is 3. The van der Waals surface area contributed by atoms with Crippen LogP contribution in [0.25, 0.3) is 0 Å². The Bertz CT molecular complexity index is 952. The lowest BCUT2D eigenvalue weighted by molar-refractivity contribution is 0.0944. The molecule has 3 N–H and O–H groups in total. The van der Waals surface area contributed by atoms with E-state index < -0.39 is 10.0 Å². The molecule has 0 aromatic heterocycles. The summed E-state index contributed by atoms with van der Waals surface area (Å²) in [5.41, 5.74) is 3.58. The molecule has 0 bridgehead atoms. The summed E-state index contributed by atoms with van der Waals surface area (Å²) in [5.74, 6) is 0.376. The number of nitrogens with one attached hydrogen (secondary N) is 1. The Morgan fingerprint density at radius 3 is 2.71 bits per heavy atom. The molecule has 2 aliphatic carbocycles. The van der Waals surface area contributed by atoms with Gasteiger partial charge in [0.25, 0.3) is 5.91 Å². The molecule has 124 valence electrons. The highest BCUT2D eigenvalue weighted by Gasteiger charge is 2.56. The second-order valence-electron chi connectivity index (χ2n) is 6.64. The van der Waals surface area contributed by atoms with Gasteiger partial charge >= 0.3 is 0 Å². The molecule has 4 rings (SSSR count). The first-order valence-electron chi connectivity index (χ1n) is 7.88. The summed E-state index contributed by atoms with van der Waals surface area (Å²) in [6.07, 6.45) is 0.960. The predicted octanol–water partition coefficient (Wildman–Crippen LogP) is 1.71. The molecule has 1 saturated carbocycles. The molecule has 0 unspecified atom stereocenters. The van der Waals surface area contributed by atoms with Crippen LogP contribution < -0.4 is 10.5 Å². The standard InChI is InChI=1S/C18H18N2O3S/c1-10-6-7-15(24(19,22)23)13(8-10)18(21)20-17-14-9-11-4-2-3-5-12(11)16(14)17/h2-8,14,16-17H,9H2,1H3,(H,20,21)(H2,19,22,23)/t14-,16-,17-/m1/s1. The van der Waals surface area contributed by atoms with Crippen LogP contribution in [0.1, 0.15) is 33.0 Å². The molecule has 0 spiro atoms. The third kappa shape index (κ3) is 2.42. The Hall–Kier alpha value is -2.18. The lowest BCUT2D eigenvalue weighted by atomic mass is 10.0. The summed E-state index contributed by atoms with van der Waals surface area (Å²) < 4.78 is 23.5. The van der Waals surface area contributed by atoms with Crippen LogP contribution in [0, 0.1) is 12.8 Å². The average Bonchev–Trinajstić information content (AvgIpc) is 3.03. The SMILES string of the molecule is Cc1ccc(S(N)(=O)=O)c(C(=O)N[C@@H]2[C@@H]3Cc4ccccc4[C@H]32)c1. The number of carbonyl (C=O) groups excluding carboxylic acids is 1. The van der Waals surface area contributed by atoms with Crippen LogP contribution in [-0.4, -0.2) is 20.4 Å². The van der Waals surface area contributed by atoms with Crippen LogP contribution in [0.3, 0.4) is 0 Å². The lowest BCUT2D eigenvalue weighted by Gasteiger charge is -2.12. The highest BCUT2D eigenvalue weighted by molar-refractivity contribution is 7.89. The Labute approximate surface area is 140 Å². The van der Waals surface area contributed by atoms with E-state index in [1.54, 1.807) is 12.1 Å². The maximum Gasteiger partial charge on any atom is 0.252 e. The Morgan fingerprint density at radius 1 is 1.21 bits per heavy atom. The zero-order chi connectivity index (χ0) is 17.1. The number of carbonyl (C=O) groups is 1. The normalized spacial score (nSPS) is 24.2. The van der Waals surface area contributed by atoms with Crippen molar-refractivity contribution in [2.45, 2.75) is 30.2 Å². The minimum absolute atomic E-state index is 0.0706. The van der Waals surface area contributed by atoms with Crippen LogP contribution in [0.5, 0.6) is 0 Å². The summed E-state index contributed by atoms with van der Waals surface area (Å²) in [4.78, 5) is 12.5. The molecule has 1 fully saturated rings. The summed E-state index contributed by atoms with van der Waals surface area (Å²) in [7, 11) is -3.94. The maximum absolute atomic E-state index is 12.6. The number of primary sulfonamides is 1. The number of amides is 1. The molecule has 24 heavy (non-hydrogen) atoms. The summed E-state index contributed by atoms with van der Waals surface area (Å²) in [6.45, 7) is 1.81. The van der Waals surface area contributed by atoms with Gasteiger partial charge in [-0.2, -0.15) is 0 Å². The van der Waals surface area contributed by atoms with Gasteiger partial charge in [-0.1, -0.05) is 35.9 Å². The number of rotatable bonds is 3. The van der Waals surface area contributed by atoms with Crippen molar-refractivity contribution in [3.8, 4) is 0 Å². The average molecular weight is 342 g/mol. The minimum atomic E-state index is -3.94. The molecule has 6 heteroatoms. The zero-order valence-corrected chi connectivity index (χ0v) is 14.0. The molecule has 2 aromatic rings. The van der Waals surface area contributed by atoms with Crippen molar-refractivity contribution in [2.75, 3.05) is 0 Å². The molecule has 0 aliphatic heterocycles. The molecular formula is C18H18N2O3S. The number of benzene rings is 2. The van der Waals surface area contributed by atoms with Gasteiger partial charge in [0, 0.05) is 12.0 Å². The fourth-order valence-electron chi connectivity index (χ4n) is 3.85. The molecule has 0 saturated heterocycles. The van der Waals surface area contributed by atoms with Crippen LogP contribution >= 0.6 is 0 Å². The molecule has 2 aromatic carbocycles. The van der Waals surface area contributed by atoms with E-state index in [2.05, 4.69) is 17.4 Å². The van der Waals surface area contributed by atoms with Crippen LogP contribution in [0.4, 0.5) is 0 Å². The van der Waals surface area contributed by atoms with E-state index in [4.69, 9.17) is 5.14 Å². The van der Waals surface area contributed by atoms with Crippen molar-refractivity contribution in [3.05, 3.63) is 64.7 Å². The van der Waals surface area contributed by atoms with Gasteiger partial charge in [0.2, 0.25) is 10.0 Å². The molecule has 1 amide bonds. The quantitative estimate of drug-likeness (QED) is 0.890. The second kappa shape index (κ2) is 5.16. The minimum Gasteiger partial charge on any atom is -0.348 e. The number of sulfonamides is 1. The lowest BCUT2D eigenvalue weighted by Crippen LogP contribution is -2.30. The van der Waals surface area contributed by atoms with E-state index >= 15 is 0 Å². The van der Waals surface area contributed by atoms with E-state index in [0.717, 1.165) is 12.0 Å². The van der Waals surface area contributed by atoms with Gasteiger partial charge in [-0.25, -0.2) is 13.6 Å². The van der Waals surface area contributed by atoms with Crippen molar-refractivity contribution in [1.82, 2.24) is 5.32 Å². The number of hydrogen-bond donors (Lipinski definition) is 2. The maximum atomic E-state index is 12.6. The van der Waals surface area contributed by atoms with Crippen molar-refractivity contribution < 1.29 is 13.2 Å². The Balaban J connectivity index is 1.59. The monoisotopic (exact) mass is 342 g/mol. The van der Waals surface area contributed by atoms with Gasteiger partial charge in [-0.15, -0.1) is 0 Å². The number of nitrogens with two attached hydrogens (primary N) is 1. The van der Waals surface area contributed by atoms with Crippen LogP contribution in [0.15, 0.2) is 47.4 Å². The Kier molecular flexibility index (Phi) is 3.30. The topological polar surface area (TPSA) is 89.3 Å². The van der Waals surface area contributed by atoms with Crippen molar-refractivity contribution in [1.29, 1.82) is 0 Å². The van der Waals surface area contributed by atoms with Crippen LogP contribution in [-0.2, 0) is 16.4 Å². The largest absolute Gasteiger partial charge is 0.348 e. The summed E-state index contributed by atoms with van der Waals surface area (Å²) in [5, 5.41) is 8.23. The van der Waals surface area contributed by atoms with Gasteiger partial charge in [0.1, 0.15) is 0 Å². The van der Waals surface area contributed by atoms with Crippen molar-refractivity contribution in [3.63, 3.8) is 0 Å². The molecular weight excluding hydrogens is 324 g/mol. The zero-order valence-electron chi connectivity index (χ0n) is 13.2. The van der Waals surface area contributed by atoms with Gasteiger partial charge in [-0.3, -0.25) is 4.79 Å². The molecule has 0 radical (unpaired) electrons. The third-order valence-corrected chi connectivity index (χ3v) is 5.99. The smallest absolute Gasteiger partial charge is 0.252 e. The first kappa shape index (κ1) is 15.4. The second-order valence-corrected chi connectivity index (χ2v) is 8.17. The van der Waals surface area contributed by atoms with E-state index in [-0.39, 0.29) is 22.4 Å². The molecule has 5 nitrogen and oxygen atoms in total. The van der Waals surface area contributed by atoms with Crippen molar-refractivity contribution in [2.24, 2.45) is 11.1 Å². The van der Waals surface area contributed by atoms with Gasteiger partial charge < -0.3 is 5.32 Å². The van der Waals surface area contributed by atoms with Crippen LogP contribution in [0.2, 0.25) is 0 Å². The van der Waals surface area contributed by atoms with Crippen molar-refractivity contribution >= 4 is 15.9 Å². The molecule has 0 heterocycles. The highest BCUT2D eigenvalue weighted by Crippen LogP contribution is 2.56. The first-order valence-corrected chi connectivity index (χ1v) is 9.43. The van der Waals surface area contributed by atoms with E-state index in [1.165, 1.54) is 17.2 Å². The molecule has 3 atom stereocenters. The van der Waals surface area contributed by atoms with E-state index in [0.29, 0.717) is 11.8 Å². The van der Waals surface area contributed by atoms with E-state index in [9.17, 15) is 13.2 Å². The number of aryl methyl sites for hydroxylation is 1. The summed E-state index contributed by atoms with van der Waals surface area (Å²) >= 11 is 0. The molecule has 2 aliphatic rings. The first-order chi connectivity index (χ1) is 11.4. The highest BCUT2D eigenvalue weighted by atomic mass is 32.2. The van der Waals surface area contributed by atoms with Gasteiger partial charge in [-0.05, 0) is 42.5 Å². The summed E-state index contributed by atoms with van der Waals surface area (Å²) in [6, 6.07) is 12.9. The van der Waals surface area contributed by atoms with Gasteiger partial charge in [0.15, 0.2) is 0 Å². The predicted molar refractivity (Wildman–Crippen MR) is 90.2 cm³/mol. The number of hydrogen-bond acceptors (Lipinski definition) is 3. The van der Waals surface area contributed by atoms with Gasteiger partial charge in [0.05, 0.1) is 10.5 Å². The fraction of sp³-hybridized carbons (Fsp3) is 0.278. The third-order valence-electron chi connectivity index (χ3n) is 5.02. The van der Waals surface area contributed by atoms with E-state index in [1.807, 2.05) is 19.1 Å². The Morgan fingerprint density at radius 2 is 1.96 bits per heavy atom.